The van der Waals surface area contributed by atoms with Crippen molar-refractivity contribution in [2.45, 2.75) is 20.8 Å². The molecule has 0 fully saturated rings. The van der Waals surface area contributed by atoms with Crippen molar-refractivity contribution in [2.75, 3.05) is 0 Å². The van der Waals surface area contributed by atoms with E-state index in [0.29, 0.717) is 11.5 Å². The van der Waals surface area contributed by atoms with Gasteiger partial charge in [-0.2, -0.15) is 0 Å². The van der Waals surface area contributed by atoms with E-state index in [-0.39, 0.29) is 21.1 Å². The summed E-state index contributed by atoms with van der Waals surface area (Å²) in [6.45, 7) is 6.46. The number of hydrogen-bond donors (Lipinski definition) is 0. The molecule has 6 aromatic heterocycles. The Morgan fingerprint density at radius 1 is 0.561 bits per heavy atom. The number of rotatable bonds is 5. The van der Waals surface area contributed by atoms with Crippen molar-refractivity contribution in [3.63, 3.8) is 0 Å². The van der Waals surface area contributed by atoms with Gasteiger partial charge in [0.2, 0.25) is 0 Å². The van der Waals surface area contributed by atoms with Gasteiger partial charge in [0.25, 0.3) is 0 Å². The van der Waals surface area contributed by atoms with Crippen LogP contribution in [0.4, 0.5) is 0 Å². The SMILES string of the molecule is Cc1cc(C)c(-c2cnc3c4[c-]c(Oc5[c-]c6c(cc5)c5cccnc5n5c(-c7ccccc7)c(-c7ccccc7)nc65)ccc4c4ncccc4n23)c(C)c1.[Pt+2]. The number of nitrogens with zero attached hydrogens (tertiary/aromatic N) is 6. The van der Waals surface area contributed by atoms with Crippen molar-refractivity contribution in [2.24, 2.45) is 0 Å². The first kappa shape index (κ1) is 34.8. The van der Waals surface area contributed by atoms with Crippen LogP contribution >= 0.6 is 0 Å². The Labute approximate surface area is 342 Å². The first-order valence-corrected chi connectivity index (χ1v) is 18.6. The van der Waals surface area contributed by atoms with Gasteiger partial charge in [-0.1, -0.05) is 130 Å². The van der Waals surface area contributed by atoms with Gasteiger partial charge in [0, 0.05) is 46.8 Å². The van der Waals surface area contributed by atoms with Crippen LogP contribution in [0.15, 0.2) is 140 Å². The van der Waals surface area contributed by atoms with Crippen molar-refractivity contribution in [3.05, 3.63) is 169 Å². The normalized spacial score (nSPS) is 11.6. The maximum atomic E-state index is 6.64. The van der Waals surface area contributed by atoms with Crippen LogP contribution in [0, 0.1) is 32.9 Å². The molecule has 0 bridgehead atoms. The van der Waals surface area contributed by atoms with Gasteiger partial charge in [0.15, 0.2) is 0 Å². The second-order valence-electron chi connectivity index (χ2n) is 14.3. The Morgan fingerprint density at radius 2 is 1.21 bits per heavy atom. The molecule has 274 valence electrons. The molecule has 0 spiro atoms. The standard InChI is InChI=1S/C49H32N6O.Pt/c1-29-24-30(2)43(31(3)25-29)42-28-52-48-40-27-35(19-21-37(40)45-41(54(42)48)17-11-22-50-45)56-34-18-20-36-38-16-10-23-51-47(38)55-46(33-14-8-5-9-15-33)44(32-12-6-4-7-13-32)53-49(55)39(36)26-34;/h4-25,28H,1-3H3;/q-2;+2. The van der Waals surface area contributed by atoms with Crippen LogP contribution in [0.1, 0.15) is 16.7 Å². The Hall–Kier alpha value is -6.69. The maximum absolute atomic E-state index is 6.64. The molecular formula is C49H32N6OPt. The Balaban J connectivity index is 0.00000396. The van der Waals surface area contributed by atoms with Crippen molar-refractivity contribution >= 4 is 54.9 Å². The Morgan fingerprint density at radius 3 is 1.95 bits per heavy atom. The molecule has 0 saturated carbocycles. The predicted molar refractivity (Wildman–Crippen MR) is 224 cm³/mol. The topological polar surface area (TPSA) is 69.6 Å². The summed E-state index contributed by atoms with van der Waals surface area (Å²) in [5.41, 5.74) is 14.0. The predicted octanol–water partition coefficient (Wildman–Crippen LogP) is 11.7. The summed E-state index contributed by atoms with van der Waals surface area (Å²) >= 11 is 0. The van der Waals surface area contributed by atoms with Crippen molar-refractivity contribution in [1.29, 1.82) is 0 Å². The van der Waals surface area contributed by atoms with Crippen LogP contribution < -0.4 is 4.74 Å². The van der Waals surface area contributed by atoms with Crippen LogP contribution in [0.25, 0.3) is 88.7 Å². The zero-order valence-electron chi connectivity index (χ0n) is 31.2. The Kier molecular flexibility index (Phi) is 8.24. The molecule has 0 aliphatic rings. The number of ether oxygens (including phenoxy) is 1. The summed E-state index contributed by atoms with van der Waals surface area (Å²) in [6.07, 6.45) is 5.64. The molecule has 5 aromatic carbocycles. The number of fused-ring (bicyclic) bond motifs is 12. The van der Waals surface area contributed by atoms with Crippen LogP contribution in [0.2, 0.25) is 0 Å². The van der Waals surface area contributed by atoms with E-state index in [1.165, 1.54) is 22.3 Å². The largest absolute Gasteiger partial charge is 2.00 e. The Bertz CT molecular complexity index is 3350. The molecule has 0 N–H and O–H groups in total. The third-order valence-corrected chi connectivity index (χ3v) is 10.7. The van der Waals surface area contributed by atoms with Gasteiger partial charge >= 0.3 is 21.1 Å². The van der Waals surface area contributed by atoms with Gasteiger partial charge in [-0.15, -0.1) is 12.1 Å². The maximum Gasteiger partial charge on any atom is 2.00 e. The quantitative estimate of drug-likeness (QED) is 0.127. The van der Waals surface area contributed by atoms with Gasteiger partial charge in [0.1, 0.15) is 5.65 Å². The molecule has 0 aliphatic heterocycles. The fourth-order valence-corrected chi connectivity index (χ4v) is 8.52. The average molecular weight is 916 g/mol. The smallest absolute Gasteiger partial charge is 0.497 e. The van der Waals surface area contributed by atoms with Crippen LogP contribution in [-0.2, 0) is 21.1 Å². The minimum absolute atomic E-state index is 0. The van der Waals surface area contributed by atoms with E-state index in [9.17, 15) is 0 Å². The first-order valence-electron chi connectivity index (χ1n) is 18.6. The van der Waals surface area contributed by atoms with E-state index in [4.69, 9.17) is 24.7 Å². The van der Waals surface area contributed by atoms with E-state index in [1.54, 1.807) is 0 Å². The van der Waals surface area contributed by atoms with Crippen LogP contribution in [-0.4, -0.2) is 28.7 Å². The molecule has 57 heavy (non-hydrogen) atoms. The fourth-order valence-electron chi connectivity index (χ4n) is 8.52. The summed E-state index contributed by atoms with van der Waals surface area (Å²) < 4.78 is 11.0. The summed E-state index contributed by atoms with van der Waals surface area (Å²) in [5.74, 6) is 1.10. The number of pyridine rings is 4. The molecule has 11 rings (SSSR count). The van der Waals surface area contributed by atoms with Gasteiger partial charge < -0.3 is 13.5 Å². The number of benzene rings is 5. The summed E-state index contributed by atoms with van der Waals surface area (Å²) in [5, 5.41) is 4.61. The molecule has 7 nitrogen and oxygen atoms in total. The minimum Gasteiger partial charge on any atom is -0.497 e. The fraction of sp³-hybridized carbons (Fsp3) is 0.0612. The zero-order valence-corrected chi connectivity index (χ0v) is 33.5. The van der Waals surface area contributed by atoms with Gasteiger partial charge in [-0.25, -0.2) is 4.98 Å². The molecule has 0 unspecified atom stereocenters. The molecule has 0 atom stereocenters. The molecule has 0 saturated heterocycles. The van der Waals surface area contributed by atoms with E-state index >= 15 is 0 Å². The van der Waals surface area contributed by atoms with Gasteiger partial charge in [-0.05, 0) is 55.5 Å². The molecule has 0 amide bonds. The summed E-state index contributed by atoms with van der Waals surface area (Å²) in [4.78, 5) is 20.1. The molecule has 8 heteroatoms. The van der Waals surface area contributed by atoms with Crippen molar-refractivity contribution in [1.82, 2.24) is 28.7 Å². The van der Waals surface area contributed by atoms with Crippen LogP contribution in [0.5, 0.6) is 11.5 Å². The van der Waals surface area contributed by atoms with Gasteiger partial charge in [0.05, 0.1) is 39.4 Å². The van der Waals surface area contributed by atoms with E-state index in [0.717, 1.165) is 83.1 Å². The number of aryl methyl sites for hydroxylation is 3. The third kappa shape index (κ3) is 5.45. The first-order chi connectivity index (χ1) is 27.5. The third-order valence-electron chi connectivity index (χ3n) is 10.7. The molecule has 6 heterocycles. The molecule has 0 radical (unpaired) electrons. The van der Waals surface area contributed by atoms with Crippen molar-refractivity contribution in [3.8, 4) is 45.3 Å². The zero-order chi connectivity index (χ0) is 37.5. The monoisotopic (exact) mass is 915 g/mol. The number of hydrogen-bond acceptors (Lipinski definition) is 5. The number of imidazole rings is 2. The van der Waals surface area contributed by atoms with Crippen LogP contribution in [0.3, 0.4) is 0 Å². The number of aromatic nitrogens is 6. The second-order valence-corrected chi connectivity index (χ2v) is 14.3. The average Bonchev–Trinajstić information content (AvgIpc) is 3.85. The van der Waals surface area contributed by atoms with E-state index < -0.39 is 0 Å². The summed E-state index contributed by atoms with van der Waals surface area (Å²) in [6, 6.07) is 48.5. The van der Waals surface area contributed by atoms with E-state index in [2.05, 4.69) is 115 Å². The van der Waals surface area contributed by atoms with E-state index in [1.807, 2.05) is 67.1 Å². The molecule has 11 aromatic rings. The minimum atomic E-state index is 0. The summed E-state index contributed by atoms with van der Waals surface area (Å²) in [7, 11) is 0. The van der Waals surface area contributed by atoms with Gasteiger partial charge in [-0.3, -0.25) is 15.0 Å². The molecule has 0 aliphatic carbocycles. The van der Waals surface area contributed by atoms with Crippen molar-refractivity contribution < 1.29 is 25.8 Å². The second kappa shape index (κ2) is 13.5. The molecular weight excluding hydrogens is 884 g/mol.